The molecule has 0 amide bonds. The Morgan fingerprint density at radius 2 is 2.00 bits per heavy atom. The highest BCUT2D eigenvalue weighted by Gasteiger charge is 2.23. The SMILES string of the molecule is N#CC1=C(c2cc(-c3ccc(Cl)cc3)oc2N)OCC1. The summed E-state index contributed by atoms with van der Waals surface area (Å²) < 4.78 is 11.0. The molecular formula is C15H11ClN2O2. The molecule has 100 valence electrons. The maximum absolute atomic E-state index is 9.07. The molecule has 0 atom stereocenters. The molecule has 2 heterocycles. The molecule has 3 rings (SSSR count). The van der Waals surface area contributed by atoms with Crippen molar-refractivity contribution in [3.05, 3.63) is 46.5 Å². The molecule has 2 N–H and O–H groups in total. The minimum Gasteiger partial charge on any atom is -0.491 e. The van der Waals surface area contributed by atoms with E-state index < -0.39 is 0 Å². The lowest BCUT2D eigenvalue weighted by Crippen LogP contribution is -1.90. The van der Waals surface area contributed by atoms with Gasteiger partial charge in [0, 0.05) is 17.0 Å². The number of hydrogen-bond donors (Lipinski definition) is 1. The van der Waals surface area contributed by atoms with Gasteiger partial charge >= 0.3 is 0 Å². The summed E-state index contributed by atoms with van der Waals surface area (Å²) in [6.45, 7) is 0.499. The van der Waals surface area contributed by atoms with Gasteiger partial charge in [-0.2, -0.15) is 5.26 Å². The molecule has 1 aliphatic heterocycles. The molecule has 0 spiro atoms. The number of halogens is 1. The number of anilines is 1. The van der Waals surface area contributed by atoms with Gasteiger partial charge in [-0.1, -0.05) is 11.6 Å². The van der Waals surface area contributed by atoms with Crippen LogP contribution in [0.2, 0.25) is 5.02 Å². The highest BCUT2D eigenvalue weighted by Crippen LogP contribution is 2.36. The molecule has 1 aliphatic rings. The van der Waals surface area contributed by atoms with Crippen molar-refractivity contribution in [3.8, 4) is 17.4 Å². The van der Waals surface area contributed by atoms with Crippen LogP contribution in [0.25, 0.3) is 17.1 Å². The van der Waals surface area contributed by atoms with Crippen LogP contribution in [0.4, 0.5) is 5.88 Å². The fourth-order valence-corrected chi connectivity index (χ4v) is 2.27. The third-order valence-electron chi connectivity index (χ3n) is 3.14. The van der Waals surface area contributed by atoms with E-state index >= 15 is 0 Å². The van der Waals surface area contributed by atoms with E-state index in [4.69, 9.17) is 31.8 Å². The van der Waals surface area contributed by atoms with Gasteiger partial charge in [-0.3, -0.25) is 0 Å². The van der Waals surface area contributed by atoms with Crippen molar-refractivity contribution < 1.29 is 9.15 Å². The third kappa shape index (κ3) is 2.13. The molecule has 5 heteroatoms. The van der Waals surface area contributed by atoms with Crippen LogP contribution in [0.5, 0.6) is 0 Å². The molecule has 0 unspecified atom stereocenters. The molecule has 0 aliphatic carbocycles. The van der Waals surface area contributed by atoms with Crippen molar-refractivity contribution in [2.45, 2.75) is 6.42 Å². The van der Waals surface area contributed by atoms with Gasteiger partial charge in [0.05, 0.1) is 23.8 Å². The van der Waals surface area contributed by atoms with Gasteiger partial charge in [0.25, 0.3) is 0 Å². The normalized spacial score (nSPS) is 14.2. The fourth-order valence-electron chi connectivity index (χ4n) is 2.14. The summed E-state index contributed by atoms with van der Waals surface area (Å²) >= 11 is 5.86. The molecule has 0 saturated heterocycles. The lowest BCUT2D eigenvalue weighted by atomic mass is 10.1. The maximum atomic E-state index is 9.07. The van der Waals surface area contributed by atoms with E-state index in [-0.39, 0.29) is 5.88 Å². The lowest BCUT2D eigenvalue weighted by Gasteiger charge is -2.00. The molecule has 0 saturated carbocycles. The number of furan rings is 1. The summed E-state index contributed by atoms with van der Waals surface area (Å²) in [5, 5.41) is 9.72. The number of nitrogens with two attached hydrogens (primary N) is 1. The summed E-state index contributed by atoms with van der Waals surface area (Å²) in [4.78, 5) is 0. The summed E-state index contributed by atoms with van der Waals surface area (Å²) in [6, 6.07) is 11.2. The minimum absolute atomic E-state index is 0.250. The van der Waals surface area contributed by atoms with Crippen molar-refractivity contribution in [1.29, 1.82) is 5.26 Å². The number of hydrogen-bond acceptors (Lipinski definition) is 4. The first-order valence-electron chi connectivity index (χ1n) is 6.10. The molecule has 2 aromatic rings. The Morgan fingerprint density at radius 3 is 2.70 bits per heavy atom. The number of benzene rings is 1. The first-order valence-corrected chi connectivity index (χ1v) is 6.48. The Balaban J connectivity index is 2.04. The fraction of sp³-hybridized carbons (Fsp3) is 0.133. The van der Waals surface area contributed by atoms with Crippen LogP contribution in [0.1, 0.15) is 12.0 Å². The molecular weight excluding hydrogens is 276 g/mol. The van der Waals surface area contributed by atoms with Gasteiger partial charge in [0.1, 0.15) is 11.5 Å². The monoisotopic (exact) mass is 286 g/mol. The standard InChI is InChI=1S/C15H11ClN2O2/c16-11-3-1-9(2-4-11)13-7-12(15(18)20-13)14-10(8-17)5-6-19-14/h1-4,7H,5-6,18H2. The van der Waals surface area contributed by atoms with Gasteiger partial charge in [0.2, 0.25) is 5.88 Å². The highest BCUT2D eigenvalue weighted by molar-refractivity contribution is 6.30. The molecule has 20 heavy (non-hydrogen) atoms. The number of rotatable bonds is 2. The van der Waals surface area contributed by atoms with E-state index in [0.29, 0.717) is 40.7 Å². The van der Waals surface area contributed by atoms with Gasteiger partial charge in [-0.25, -0.2) is 0 Å². The first kappa shape index (κ1) is 12.6. The van der Waals surface area contributed by atoms with E-state index in [9.17, 15) is 0 Å². The predicted molar refractivity (Wildman–Crippen MR) is 76.7 cm³/mol. The summed E-state index contributed by atoms with van der Waals surface area (Å²) in [7, 11) is 0. The van der Waals surface area contributed by atoms with Crippen molar-refractivity contribution in [1.82, 2.24) is 0 Å². The number of nitriles is 1. The highest BCUT2D eigenvalue weighted by atomic mass is 35.5. The second-order valence-electron chi connectivity index (χ2n) is 4.41. The van der Waals surface area contributed by atoms with Crippen molar-refractivity contribution in [2.75, 3.05) is 12.3 Å². The Bertz CT molecular complexity index is 723. The van der Waals surface area contributed by atoms with E-state index in [1.807, 2.05) is 12.1 Å². The van der Waals surface area contributed by atoms with Gasteiger partial charge in [-0.15, -0.1) is 0 Å². The zero-order valence-corrected chi connectivity index (χ0v) is 11.3. The van der Waals surface area contributed by atoms with Gasteiger partial charge < -0.3 is 14.9 Å². The maximum Gasteiger partial charge on any atom is 0.202 e. The van der Waals surface area contributed by atoms with Crippen molar-refractivity contribution in [3.63, 3.8) is 0 Å². The van der Waals surface area contributed by atoms with Crippen LogP contribution in [-0.2, 0) is 4.74 Å². The zero-order chi connectivity index (χ0) is 14.1. The Hall–Kier alpha value is -2.38. The van der Waals surface area contributed by atoms with Gasteiger partial charge in [-0.05, 0) is 30.3 Å². The number of ether oxygens (including phenoxy) is 1. The van der Waals surface area contributed by atoms with Crippen molar-refractivity contribution >= 4 is 23.2 Å². The van der Waals surface area contributed by atoms with E-state index in [1.165, 1.54) is 0 Å². The second kappa shape index (κ2) is 4.95. The van der Waals surface area contributed by atoms with Crippen LogP contribution < -0.4 is 5.73 Å². The second-order valence-corrected chi connectivity index (χ2v) is 4.85. The number of nitrogens with zero attached hydrogens (tertiary/aromatic N) is 1. The molecule has 0 radical (unpaired) electrons. The van der Waals surface area contributed by atoms with Crippen LogP contribution in [0.3, 0.4) is 0 Å². The third-order valence-corrected chi connectivity index (χ3v) is 3.39. The summed E-state index contributed by atoms with van der Waals surface area (Å²) in [5.41, 5.74) is 7.98. The Labute approximate surface area is 121 Å². The molecule has 4 nitrogen and oxygen atoms in total. The summed E-state index contributed by atoms with van der Waals surface area (Å²) in [5.74, 6) is 1.39. The van der Waals surface area contributed by atoms with Gasteiger partial charge in [0.15, 0.2) is 0 Å². The van der Waals surface area contributed by atoms with Crippen LogP contribution in [0.15, 0.2) is 40.3 Å². The molecule has 1 aromatic heterocycles. The van der Waals surface area contributed by atoms with Crippen molar-refractivity contribution in [2.24, 2.45) is 0 Å². The zero-order valence-electron chi connectivity index (χ0n) is 10.5. The first-order chi connectivity index (χ1) is 9.69. The van der Waals surface area contributed by atoms with Crippen LogP contribution in [0, 0.1) is 11.3 Å². The minimum atomic E-state index is 0.250. The molecule has 0 bridgehead atoms. The predicted octanol–water partition coefficient (Wildman–Crippen LogP) is 3.84. The lowest BCUT2D eigenvalue weighted by molar-refractivity contribution is 0.307. The summed E-state index contributed by atoms with van der Waals surface area (Å²) in [6.07, 6.45) is 0.604. The molecule has 0 fully saturated rings. The van der Waals surface area contributed by atoms with E-state index in [2.05, 4.69) is 6.07 Å². The average Bonchev–Trinajstić information content (AvgIpc) is 3.05. The Kier molecular flexibility index (Phi) is 3.13. The topological polar surface area (TPSA) is 72.2 Å². The molecule has 1 aromatic carbocycles. The largest absolute Gasteiger partial charge is 0.491 e. The quantitative estimate of drug-likeness (QED) is 0.910. The van der Waals surface area contributed by atoms with Crippen LogP contribution >= 0.6 is 11.6 Å². The average molecular weight is 287 g/mol. The Morgan fingerprint density at radius 1 is 1.25 bits per heavy atom. The van der Waals surface area contributed by atoms with E-state index in [0.717, 1.165) is 5.56 Å². The number of nitrogen functional groups attached to an aromatic ring is 1. The van der Waals surface area contributed by atoms with Crippen LogP contribution in [-0.4, -0.2) is 6.61 Å². The van der Waals surface area contributed by atoms with E-state index in [1.54, 1.807) is 18.2 Å². The smallest absolute Gasteiger partial charge is 0.202 e.